The Labute approximate surface area is 120 Å². The molecule has 0 spiro atoms. The average molecular weight is 305 g/mol. The molecule has 0 fully saturated rings. The van der Waals surface area contributed by atoms with E-state index >= 15 is 0 Å². The zero-order chi connectivity index (χ0) is 14.9. The lowest BCUT2D eigenvalue weighted by Crippen LogP contribution is -2.13. The van der Waals surface area contributed by atoms with Crippen LogP contribution in [-0.2, 0) is 10.0 Å². The lowest BCUT2D eigenvalue weighted by molar-refractivity contribution is 0.395. The second-order valence-electron chi connectivity index (χ2n) is 4.20. The van der Waals surface area contributed by atoms with Gasteiger partial charge in [-0.1, -0.05) is 18.2 Å². The largest absolute Gasteiger partial charge is 0.338 e. The second kappa shape index (κ2) is 5.02. The van der Waals surface area contributed by atoms with Crippen LogP contribution in [0, 0.1) is 6.92 Å². The highest BCUT2D eigenvalue weighted by Crippen LogP contribution is 2.15. The molecule has 108 valence electrons. The van der Waals surface area contributed by atoms with Crippen molar-refractivity contribution in [3.05, 3.63) is 48.6 Å². The average Bonchev–Trinajstić information content (AvgIpc) is 3.09. The van der Waals surface area contributed by atoms with E-state index < -0.39 is 10.0 Å². The highest BCUT2D eigenvalue weighted by Gasteiger charge is 2.19. The predicted octanol–water partition coefficient (Wildman–Crippen LogP) is 1.36. The number of anilines is 1. The van der Waals surface area contributed by atoms with Crippen molar-refractivity contribution in [1.82, 2.24) is 19.9 Å². The fraction of sp³-hybridized carbons (Fsp3) is 0.0833. The molecule has 3 aromatic rings. The number of nitrogens with one attached hydrogen (secondary N) is 1. The summed E-state index contributed by atoms with van der Waals surface area (Å²) in [6.07, 6.45) is 2.66. The van der Waals surface area contributed by atoms with E-state index in [-0.39, 0.29) is 16.7 Å². The van der Waals surface area contributed by atoms with Crippen molar-refractivity contribution >= 4 is 16.0 Å². The quantitative estimate of drug-likeness (QED) is 0.780. The van der Waals surface area contributed by atoms with Crippen LogP contribution in [-0.4, -0.2) is 28.3 Å². The van der Waals surface area contributed by atoms with Gasteiger partial charge in [0.2, 0.25) is 5.89 Å². The highest BCUT2D eigenvalue weighted by molar-refractivity contribution is 7.92. The third kappa shape index (κ3) is 2.77. The first-order valence-corrected chi connectivity index (χ1v) is 7.46. The molecule has 3 rings (SSSR count). The van der Waals surface area contributed by atoms with E-state index in [4.69, 9.17) is 4.52 Å². The van der Waals surface area contributed by atoms with Gasteiger partial charge in [0.05, 0.1) is 18.1 Å². The molecule has 0 aliphatic heterocycles. The van der Waals surface area contributed by atoms with Gasteiger partial charge in [0, 0.05) is 6.92 Å². The number of sulfonamides is 1. The van der Waals surface area contributed by atoms with E-state index in [9.17, 15) is 8.42 Å². The van der Waals surface area contributed by atoms with Gasteiger partial charge in [0.1, 0.15) is 4.90 Å². The number of aromatic nitrogens is 4. The van der Waals surface area contributed by atoms with Crippen LogP contribution in [0.1, 0.15) is 5.89 Å². The summed E-state index contributed by atoms with van der Waals surface area (Å²) in [4.78, 5) is 3.80. The molecule has 0 amide bonds. The minimum Gasteiger partial charge on any atom is -0.338 e. The summed E-state index contributed by atoms with van der Waals surface area (Å²) in [6.45, 7) is 1.57. The van der Waals surface area contributed by atoms with Gasteiger partial charge in [-0.15, -0.1) is 0 Å². The Hall–Kier alpha value is -2.68. The number of nitrogens with zero attached hydrogens (tertiary/aromatic N) is 4. The first-order chi connectivity index (χ1) is 10.0. The van der Waals surface area contributed by atoms with Crippen LogP contribution in [0.4, 0.5) is 5.95 Å². The van der Waals surface area contributed by atoms with Crippen molar-refractivity contribution in [3.8, 4) is 5.69 Å². The van der Waals surface area contributed by atoms with Gasteiger partial charge < -0.3 is 4.52 Å². The second-order valence-corrected chi connectivity index (χ2v) is 5.88. The van der Waals surface area contributed by atoms with Crippen LogP contribution in [0.15, 0.2) is 52.1 Å². The molecular formula is C12H11N5O3S. The van der Waals surface area contributed by atoms with Gasteiger partial charge in [-0.05, 0) is 17.3 Å². The molecule has 2 aromatic heterocycles. The summed E-state index contributed by atoms with van der Waals surface area (Å²) >= 11 is 0. The smallest absolute Gasteiger partial charge is 0.277 e. The molecule has 0 saturated carbocycles. The number of aryl methyl sites for hydroxylation is 1. The van der Waals surface area contributed by atoms with Crippen molar-refractivity contribution in [2.45, 2.75) is 11.8 Å². The summed E-state index contributed by atoms with van der Waals surface area (Å²) in [5.41, 5.74) is 0.759. The van der Waals surface area contributed by atoms with Crippen molar-refractivity contribution < 1.29 is 12.9 Å². The first-order valence-electron chi connectivity index (χ1n) is 5.98. The van der Waals surface area contributed by atoms with E-state index in [0.717, 1.165) is 5.69 Å². The van der Waals surface area contributed by atoms with Crippen LogP contribution in [0.25, 0.3) is 5.69 Å². The Kier molecular flexibility index (Phi) is 3.18. The molecule has 21 heavy (non-hydrogen) atoms. The summed E-state index contributed by atoms with van der Waals surface area (Å²) < 4.78 is 32.7. The zero-order valence-electron chi connectivity index (χ0n) is 11.0. The van der Waals surface area contributed by atoms with Crippen LogP contribution in [0.3, 0.4) is 0 Å². The Morgan fingerprint density at radius 2 is 2.00 bits per heavy atom. The highest BCUT2D eigenvalue weighted by atomic mass is 32.2. The molecule has 0 bridgehead atoms. The Bertz CT molecular complexity index is 854. The van der Waals surface area contributed by atoms with Crippen LogP contribution >= 0.6 is 0 Å². The van der Waals surface area contributed by atoms with E-state index in [0.29, 0.717) is 0 Å². The summed E-state index contributed by atoms with van der Waals surface area (Å²) in [7, 11) is -3.81. The van der Waals surface area contributed by atoms with Gasteiger partial charge >= 0.3 is 0 Å². The number of para-hydroxylation sites is 1. The fourth-order valence-corrected chi connectivity index (χ4v) is 2.55. The standard InChI is InChI=1S/C12H11N5O3S/c1-9-14-12(15-20-9)16-21(18,19)11-7-13-17(8-11)10-5-3-2-4-6-10/h2-8H,1H3,(H,15,16). The molecule has 2 heterocycles. The van der Waals surface area contributed by atoms with Gasteiger partial charge in [0.15, 0.2) is 0 Å². The molecule has 0 aliphatic carbocycles. The van der Waals surface area contributed by atoms with E-state index in [1.165, 1.54) is 17.1 Å². The normalized spacial score (nSPS) is 11.5. The summed E-state index contributed by atoms with van der Waals surface area (Å²) in [5.74, 6) is 0.160. The molecule has 9 heteroatoms. The fourth-order valence-electron chi connectivity index (χ4n) is 1.69. The topological polar surface area (TPSA) is 103 Å². The monoisotopic (exact) mass is 305 g/mol. The molecule has 8 nitrogen and oxygen atoms in total. The van der Waals surface area contributed by atoms with Gasteiger partial charge in [0.25, 0.3) is 16.0 Å². The molecule has 0 atom stereocenters. The molecule has 1 N–H and O–H groups in total. The van der Waals surface area contributed by atoms with Crippen molar-refractivity contribution in [2.24, 2.45) is 0 Å². The number of benzene rings is 1. The molecule has 0 radical (unpaired) electrons. The van der Waals surface area contributed by atoms with Gasteiger partial charge in [-0.25, -0.2) is 17.8 Å². The van der Waals surface area contributed by atoms with E-state index in [2.05, 4.69) is 20.0 Å². The SMILES string of the molecule is Cc1nc(NS(=O)(=O)c2cnn(-c3ccccc3)c2)no1. The minimum atomic E-state index is -3.81. The lowest BCUT2D eigenvalue weighted by Gasteiger charge is -2.01. The van der Waals surface area contributed by atoms with Crippen LogP contribution in [0.5, 0.6) is 0 Å². The molecule has 1 aromatic carbocycles. The molecule has 0 aliphatic rings. The Morgan fingerprint density at radius 3 is 2.67 bits per heavy atom. The zero-order valence-corrected chi connectivity index (χ0v) is 11.8. The van der Waals surface area contributed by atoms with Gasteiger partial charge in [-0.2, -0.15) is 10.1 Å². The van der Waals surface area contributed by atoms with Crippen LogP contribution < -0.4 is 4.72 Å². The maximum Gasteiger partial charge on any atom is 0.277 e. The van der Waals surface area contributed by atoms with Gasteiger partial charge in [-0.3, -0.25) is 0 Å². The van der Waals surface area contributed by atoms with Crippen molar-refractivity contribution in [3.63, 3.8) is 0 Å². The molecular weight excluding hydrogens is 294 g/mol. The lowest BCUT2D eigenvalue weighted by atomic mass is 10.3. The first kappa shape index (κ1) is 13.3. The van der Waals surface area contributed by atoms with E-state index in [1.807, 2.05) is 30.3 Å². The maximum atomic E-state index is 12.2. The molecule has 0 saturated heterocycles. The summed E-state index contributed by atoms with van der Waals surface area (Å²) in [5, 5.41) is 7.52. The Balaban J connectivity index is 1.88. The van der Waals surface area contributed by atoms with Crippen molar-refractivity contribution in [1.29, 1.82) is 0 Å². The summed E-state index contributed by atoms with van der Waals surface area (Å²) in [6, 6.07) is 9.18. The maximum absolute atomic E-state index is 12.2. The predicted molar refractivity (Wildman–Crippen MR) is 73.4 cm³/mol. The van der Waals surface area contributed by atoms with Crippen LogP contribution in [0.2, 0.25) is 0 Å². The third-order valence-electron chi connectivity index (χ3n) is 2.64. The number of hydrogen-bond acceptors (Lipinski definition) is 6. The Morgan fingerprint density at radius 1 is 1.24 bits per heavy atom. The third-order valence-corrected chi connectivity index (χ3v) is 3.93. The molecule has 0 unspecified atom stereocenters. The van der Waals surface area contributed by atoms with Crippen molar-refractivity contribution in [2.75, 3.05) is 4.72 Å². The number of hydrogen-bond donors (Lipinski definition) is 1. The minimum absolute atomic E-state index is 0.00815. The number of rotatable bonds is 4. The van der Waals surface area contributed by atoms with E-state index in [1.54, 1.807) is 6.92 Å².